The molecule has 178 valence electrons. The minimum atomic E-state index is -4.76. The van der Waals surface area contributed by atoms with Crippen molar-refractivity contribution in [2.75, 3.05) is 18.0 Å². The molecule has 0 saturated carbocycles. The van der Waals surface area contributed by atoms with Crippen LogP contribution in [0.25, 0.3) is 0 Å². The summed E-state index contributed by atoms with van der Waals surface area (Å²) in [6.45, 7) is 3.06. The number of amides is 3. The van der Waals surface area contributed by atoms with Crippen LogP contribution >= 0.6 is 11.3 Å². The van der Waals surface area contributed by atoms with Gasteiger partial charge in [-0.3, -0.25) is 14.7 Å². The number of hydrogen-bond acceptors (Lipinski definition) is 6. The number of pyridine rings is 1. The van der Waals surface area contributed by atoms with Crippen LogP contribution in [0.2, 0.25) is 0 Å². The fraction of sp³-hybridized carbons (Fsp3) is 0.273. The van der Waals surface area contributed by atoms with E-state index in [0.717, 1.165) is 16.9 Å². The van der Waals surface area contributed by atoms with E-state index in [1.165, 1.54) is 29.2 Å². The number of thiazole rings is 1. The highest BCUT2D eigenvalue weighted by Crippen LogP contribution is 2.30. The van der Waals surface area contributed by atoms with Gasteiger partial charge in [0.25, 0.3) is 5.91 Å². The number of alkyl halides is 3. The molecule has 3 aromatic rings. The number of nitrogens with one attached hydrogen (secondary N) is 1. The molecule has 0 spiro atoms. The first-order valence-corrected chi connectivity index (χ1v) is 11.1. The number of carbonyl (C=O) groups excluding carboxylic acids is 2. The minimum absolute atomic E-state index is 0.227. The predicted octanol–water partition coefficient (Wildman–Crippen LogP) is 4.12. The maximum absolute atomic E-state index is 12.9. The number of ether oxygens (including phenoxy) is 1. The number of anilines is 1. The Labute approximate surface area is 197 Å². The summed E-state index contributed by atoms with van der Waals surface area (Å²) in [6, 6.07) is 8.74. The molecular weight excluding hydrogens is 471 g/mol. The standard InChI is InChI=1S/C22H20F3N5O3S/c1-14-18(19(31)27-12-16-3-2-8-26-11-16)34-20(28-14)30-10-9-29(21(30)32)13-15-4-6-17(7-5-15)33-22(23,24)25/h2-8,11H,9-10,12-13H2,1H3,(H,27,31). The van der Waals surface area contributed by atoms with Crippen LogP contribution in [0.3, 0.4) is 0 Å². The van der Waals surface area contributed by atoms with Gasteiger partial charge in [-0.15, -0.1) is 13.2 Å². The van der Waals surface area contributed by atoms with Crippen molar-refractivity contribution in [1.29, 1.82) is 0 Å². The lowest BCUT2D eigenvalue weighted by atomic mass is 10.2. The monoisotopic (exact) mass is 491 g/mol. The Balaban J connectivity index is 1.37. The van der Waals surface area contributed by atoms with Crippen LogP contribution in [0.5, 0.6) is 5.75 Å². The summed E-state index contributed by atoms with van der Waals surface area (Å²) in [5, 5.41) is 3.25. The maximum Gasteiger partial charge on any atom is 0.573 e. The Hall–Kier alpha value is -3.67. The molecule has 1 aliphatic heterocycles. The van der Waals surface area contributed by atoms with Gasteiger partial charge >= 0.3 is 12.4 Å². The number of hydrogen-bond donors (Lipinski definition) is 1. The van der Waals surface area contributed by atoms with Crippen molar-refractivity contribution >= 4 is 28.4 Å². The highest BCUT2D eigenvalue weighted by Gasteiger charge is 2.33. The Morgan fingerprint density at radius 2 is 1.94 bits per heavy atom. The molecule has 12 heteroatoms. The third kappa shape index (κ3) is 5.63. The van der Waals surface area contributed by atoms with Gasteiger partial charge in [-0.1, -0.05) is 29.5 Å². The van der Waals surface area contributed by atoms with Crippen molar-refractivity contribution < 1.29 is 27.5 Å². The van der Waals surface area contributed by atoms with Crippen molar-refractivity contribution in [2.45, 2.75) is 26.4 Å². The topological polar surface area (TPSA) is 87.7 Å². The van der Waals surface area contributed by atoms with E-state index in [0.29, 0.717) is 40.9 Å². The van der Waals surface area contributed by atoms with Gasteiger partial charge in [0.2, 0.25) is 0 Å². The highest BCUT2D eigenvalue weighted by molar-refractivity contribution is 7.17. The number of halogens is 3. The summed E-state index contributed by atoms with van der Waals surface area (Å²) in [4.78, 5) is 37.4. The third-order valence-electron chi connectivity index (χ3n) is 5.02. The largest absolute Gasteiger partial charge is 0.573 e. The van der Waals surface area contributed by atoms with Gasteiger partial charge in [0.05, 0.1) is 5.69 Å². The van der Waals surface area contributed by atoms with E-state index >= 15 is 0 Å². The average Bonchev–Trinajstić information content (AvgIpc) is 3.35. The minimum Gasteiger partial charge on any atom is -0.406 e. The molecule has 1 aromatic carbocycles. The molecule has 34 heavy (non-hydrogen) atoms. The number of benzene rings is 1. The molecule has 4 rings (SSSR count). The first-order chi connectivity index (χ1) is 16.2. The second-order valence-electron chi connectivity index (χ2n) is 7.50. The summed E-state index contributed by atoms with van der Waals surface area (Å²) in [7, 11) is 0. The Morgan fingerprint density at radius 3 is 2.62 bits per heavy atom. The molecule has 3 amide bonds. The van der Waals surface area contributed by atoms with E-state index in [1.54, 1.807) is 30.3 Å². The lowest BCUT2D eigenvalue weighted by Crippen LogP contribution is -2.31. The SMILES string of the molecule is Cc1nc(N2CCN(Cc3ccc(OC(F)(F)F)cc3)C2=O)sc1C(=O)NCc1cccnc1. The van der Waals surface area contributed by atoms with E-state index in [9.17, 15) is 22.8 Å². The fourth-order valence-corrected chi connectivity index (χ4v) is 4.40. The predicted molar refractivity (Wildman–Crippen MR) is 119 cm³/mol. The second kappa shape index (κ2) is 9.67. The normalized spacial score (nSPS) is 13.9. The number of urea groups is 1. The number of aryl methyl sites for hydroxylation is 1. The Kier molecular flexibility index (Phi) is 6.68. The van der Waals surface area contributed by atoms with E-state index in [-0.39, 0.29) is 24.2 Å². The van der Waals surface area contributed by atoms with Crippen LogP contribution in [0.4, 0.5) is 23.1 Å². The summed E-state index contributed by atoms with van der Waals surface area (Å²) < 4.78 is 40.8. The summed E-state index contributed by atoms with van der Waals surface area (Å²) in [5.41, 5.74) is 2.05. The molecule has 0 radical (unpaired) electrons. The van der Waals surface area contributed by atoms with Gasteiger partial charge in [0.15, 0.2) is 5.13 Å². The first kappa shape index (κ1) is 23.5. The van der Waals surface area contributed by atoms with E-state index < -0.39 is 6.36 Å². The molecule has 1 N–H and O–H groups in total. The number of nitrogens with zero attached hydrogens (tertiary/aromatic N) is 4. The van der Waals surface area contributed by atoms with E-state index in [2.05, 4.69) is 20.0 Å². The second-order valence-corrected chi connectivity index (χ2v) is 8.48. The quantitative estimate of drug-likeness (QED) is 0.537. The molecule has 1 saturated heterocycles. The molecule has 8 nitrogen and oxygen atoms in total. The molecule has 1 fully saturated rings. The number of aromatic nitrogens is 2. The lowest BCUT2D eigenvalue weighted by molar-refractivity contribution is -0.274. The maximum atomic E-state index is 12.9. The van der Waals surface area contributed by atoms with Gasteiger partial charge < -0.3 is 15.0 Å². The zero-order chi connectivity index (χ0) is 24.3. The molecule has 2 aromatic heterocycles. The van der Waals surface area contributed by atoms with Crippen molar-refractivity contribution in [1.82, 2.24) is 20.2 Å². The molecule has 0 atom stereocenters. The van der Waals surface area contributed by atoms with E-state index in [4.69, 9.17) is 0 Å². The van der Waals surface area contributed by atoms with Crippen molar-refractivity contribution in [2.24, 2.45) is 0 Å². The lowest BCUT2D eigenvalue weighted by Gasteiger charge is -2.17. The smallest absolute Gasteiger partial charge is 0.406 e. The van der Waals surface area contributed by atoms with Crippen LogP contribution in [0, 0.1) is 6.92 Å². The Morgan fingerprint density at radius 1 is 1.18 bits per heavy atom. The molecule has 1 aliphatic rings. The fourth-order valence-electron chi connectivity index (χ4n) is 3.40. The van der Waals surface area contributed by atoms with Gasteiger partial charge in [-0.2, -0.15) is 0 Å². The molecule has 0 unspecified atom stereocenters. The van der Waals surface area contributed by atoms with Crippen molar-refractivity contribution in [3.63, 3.8) is 0 Å². The van der Waals surface area contributed by atoms with Crippen LogP contribution in [-0.2, 0) is 13.1 Å². The number of carbonyl (C=O) groups is 2. The van der Waals surface area contributed by atoms with Gasteiger partial charge in [0, 0.05) is 38.6 Å². The van der Waals surface area contributed by atoms with Gasteiger partial charge in [-0.05, 0) is 36.2 Å². The zero-order valence-electron chi connectivity index (χ0n) is 18.0. The van der Waals surface area contributed by atoms with Crippen LogP contribution in [0.1, 0.15) is 26.5 Å². The molecular formula is C22H20F3N5O3S. The summed E-state index contributed by atoms with van der Waals surface area (Å²) >= 11 is 1.14. The molecule has 0 aliphatic carbocycles. The van der Waals surface area contributed by atoms with Crippen LogP contribution < -0.4 is 15.0 Å². The van der Waals surface area contributed by atoms with Gasteiger partial charge in [-0.25, -0.2) is 9.78 Å². The average molecular weight is 491 g/mol. The molecule has 3 heterocycles. The summed E-state index contributed by atoms with van der Waals surface area (Å²) in [6.07, 6.45) is -1.44. The van der Waals surface area contributed by atoms with Gasteiger partial charge in [0.1, 0.15) is 10.6 Å². The first-order valence-electron chi connectivity index (χ1n) is 10.3. The highest BCUT2D eigenvalue weighted by atomic mass is 32.1. The molecule has 0 bridgehead atoms. The zero-order valence-corrected chi connectivity index (χ0v) is 18.8. The number of rotatable bonds is 7. The van der Waals surface area contributed by atoms with Crippen LogP contribution in [0.15, 0.2) is 48.8 Å². The Bertz CT molecular complexity index is 1170. The van der Waals surface area contributed by atoms with Crippen molar-refractivity contribution in [3.05, 3.63) is 70.5 Å². The van der Waals surface area contributed by atoms with Crippen LogP contribution in [-0.4, -0.2) is 46.3 Å². The summed E-state index contributed by atoms with van der Waals surface area (Å²) in [5.74, 6) is -0.604. The van der Waals surface area contributed by atoms with E-state index in [1.807, 2.05) is 6.07 Å². The van der Waals surface area contributed by atoms with Crippen molar-refractivity contribution in [3.8, 4) is 5.75 Å². The third-order valence-corrected chi connectivity index (χ3v) is 6.20.